The van der Waals surface area contributed by atoms with Gasteiger partial charge in [-0.05, 0) is 31.1 Å². The van der Waals surface area contributed by atoms with Crippen LogP contribution >= 0.6 is 0 Å². The molecule has 0 radical (unpaired) electrons. The predicted octanol–water partition coefficient (Wildman–Crippen LogP) is 2.16. The van der Waals surface area contributed by atoms with Crippen LogP contribution in [0.25, 0.3) is 0 Å². The van der Waals surface area contributed by atoms with Crippen LogP contribution in [0.5, 0.6) is 0 Å². The van der Waals surface area contributed by atoms with Gasteiger partial charge < -0.3 is 9.15 Å². The maximum Gasteiger partial charge on any atom is 0.262 e. The van der Waals surface area contributed by atoms with E-state index in [2.05, 4.69) is 0 Å². The molecule has 1 aromatic heterocycles. The Bertz CT molecular complexity index is 322. The van der Waals surface area contributed by atoms with Gasteiger partial charge in [-0.1, -0.05) is 0 Å². The molecule has 1 aliphatic heterocycles. The smallest absolute Gasteiger partial charge is 0.262 e. The van der Waals surface area contributed by atoms with Gasteiger partial charge in [-0.25, -0.2) is 0 Å². The largest absolute Gasteiger partial charge is 0.490 e. The molecule has 0 unspecified atom stereocenters. The van der Waals surface area contributed by atoms with E-state index in [-0.39, 0.29) is 5.78 Å². The predicted molar refractivity (Wildman–Crippen MR) is 46.3 cm³/mol. The van der Waals surface area contributed by atoms with Crippen LogP contribution in [0.15, 0.2) is 34.6 Å². The minimum Gasteiger partial charge on any atom is -0.490 e. The number of ether oxygens (including phenoxy) is 1. The van der Waals surface area contributed by atoms with E-state index >= 15 is 0 Å². The monoisotopic (exact) mass is 178 g/mol. The Labute approximate surface area is 76.0 Å². The van der Waals surface area contributed by atoms with E-state index < -0.39 is 0 Å². The van der Waals surface area contributed by atoms with Crippen molar-refractivity contribution in [3.63, 3.8) is 0 Å². The van der Waals surface area contributed by atoms with Gasteiger partial charge in [0.1, 0.15) is 0 Å². The second-order valence-electron chi connectivity index (χ2n) is 2.87. The average molecular weight is 178 g/mol. The summed E-state index contributed by atoms with van der Waals surface area (Å²) >= 11 is 0. The molecule has 0 atom stereocenters. The maximum absolute atomic E-state index is 11.6. The number of carbonyl (C=O) groups excluding carboxylic acids is 1. The molecule has 0 aliphatic carbocycles. The molecule has 0 N–H and O–H groups in total. The SMILES string of the molecule is O=C(C1=CCCCO1)c1ccco1. The standard InChI is InChI=1S/C10H10O3/c11-10(9-5-3-7-13-9)8-4-1-2-6-12-8/h3-5,7H,1-2,6H2. The van der Waals surface area contributed by atoms with Crippen LogP contribution in [0.1, 0.15) is 23.4 Å². The first-order valence-corrected chi connectivity index (χ1v) is 4.29. The molecule has 68 valence electrons. The molecule has 0 saturated heterocycles. The van der Waals surface area contributed by atoms with Crippen molar-refractivity contribution in [2.24, 2.45) is 0 Å². The van der Waals surface area contributed by atoms with Crippen LogP contribution in [0.4, 0.5) is 0 Å². The Morgan fingerprint density at radius 2 is 2.38 bits per heavy atom. The normalized spacial score (nSPS) is 16.2. The van der Waals surface area contributed by atoms with Gasteiger partial charge in [-0.3, -0.25) is 4.79 Å². The second-order valence-corrected chi connectivity index (χ2v) is 2.87. The Morgan fingerprint density at radius 1 is 1.46 bits per heavy atom. The molecule has 3 nitrogen and oxygen atoms in total. The number of carbonyl (C=O) groups is 1. The van der Waals surface area contributed by atoms with Crippen molar-refractivity contribution >= 4 is 5.78 Å². The van der Waals surface area contributed by atoms with E-state index in [1.54, 1.807) is 12.1 Å². The Hall–Kier alpha value is -1.51. The zero-order valence-electron chi connectivity index (χ0n) is 7.16. The summed E-state index contributed by atoms with van der Waals surface area (Å²) in [6.07, 6.45) is 5.18. The van der Waals surface area contributed by atoms with Crippen molar-refractivity contribution in [2.45, 2.75) is 12.8 Å². The molecule has 1 aromatic rings. The molecule has 1 aliphatic rings. The lowest BCUT2D eigenvalue weighted by molar-refractivity contribution is 0.0872. The first kappa shape index (κ1) is 8.10. The quantitative estimate of drug-likeness (QED) is 0.651. The Kier molecular flexibility index (Phi) is 2.17. The molecule has 2 heterocycles. The summed E-state index contributed by atoms with van der Waals surface area (Å²) in [5.74, 6) is 0.596. The lowest BCUT2D eigenvalue weighted by Gasteiger charge is -2.12. The van der Waals surface area contributed by atoms with Crippen LogP contribution in [0.2, 0.25) is 0 Å². The zero-order chi connectivity index (χ0) is 9.10. The van der Waals surface area contributed by atoms with Crippen LogP contribution in [-0.2, 0) is 4.74 Å². The first-order chi connectivity index (χ1) is 6.38. The van der Waals surface area contributed by atoms with E-state index in [1.807, 2.05) is 6.08 Å². The van der Waals surface area contributed by atoms with Crippen LogP contribution in [0.3, 0.4) is 0 Å². The summed E-state index contributed by atoms with van der Waals surface area (Å²) < 4.78 is 10.2. The Balaban J connectivity index is 2.17. The molecule has 0 bridgehead atoms. The first-order valence-electron chi connectivity index (χ1n) is 4.29. The molecule has 0 amide bonds. The van der Waals surface area contributed by atoms with Crippen molar-refractivity contribution < 1.29 is 13.9 Å². The van der Waals surface area contributed by atoms with E-state index in [4.69, 9.17) is 9.15 Å². The van der Waals surface area contributed by atoms with Crippen molar-refractivity contribution in [2.75, 3.05) is 6.61 Å². The van der Waals surface area contributed by atoms with E-state index in [0.29, 0.717) is 18.1 Å². The van der Waals surface area contributed by atoms with Crippen LogP contribution in [0, 0.1) is 0 Å². The molecule has 2 rings (SSSR count). The molecule has 13 heavy (non-hydrogen) atoms. The summed E-state index contributed by atoms with van der Waals surface area (Å²) in [4.78, 5) is 11.6. The van der Waals surface area contributed by atoms with Crippen LogP contribution in [-0.4, -0.2) is 12.4 Å². The van der Waals surface area contributed by atoms with E-state index in [9.17, 15) is 4.79 Å². The average Bonchev–Trinajstić information content (AvgIpc) is 2.71. The minimum absolute atomic E-state index is 0.162. The molecule has 0 aromatic carbocycles. The van der Waals surface area contributed by atoms with Gasteiger partial charge in [-0.2, -0.15) is 0 Å². The molecule has 0 fully saturated rings. The third kappa shape index (κ3) is 1.64. The highest BCUT2D eigenvalue weighted by Gasteiger charge is 2.17. The molecular weight excluding hydrogens is 168 g/mol. The molecular formula is C10H10O3. The summed E-state index contributed by atoms with van der Waals surface area (Å²) in [6, 6.07) is 3.33. The third-order valence-corrected chi connectivity index (χ3v) is 1.90. The maximum atomic E-state index is 11.6. The number of hydrogen-bond donors (Lipinski definition) is 0. The fourth-order valence-electron chi connectivity index (χ4n) is 1.24. The highest BCUT2D eigenvalue weighted by Crippen LogP contribution is 2.15. The summed E-state index contributed by atoms with van der Waals surface area (Å²) in [7, 11) is 0. The highest BCUT2D eigenvalue weighted by molar-refractivity contribution is 6.05. The van der Waals surface area contributed by atoms with E-state index in [0.717, 1.165) is 12.8 Å². The summed E-state index contributed by atoms with van der Waals surface area (Å²) in [5.41, 5.74) is 0. The van der Waals surface area contributed by atoms with Crippen LogP contribution < -0.4 is 0 Å². The van der Waals surface area contributed by atoms with Crippen molar-refractivity contribution in [1.29, 1.82) is 0 Å². The number of rotatable bonds is 2. The van der Waals surface area contributed by atoms with Gasteiger partial charge >= 0.3 is 0 Å². The summed E-state index contributed by atoms with van der Waals surface area (Å²) in [6.45, 7) is 0.623. The lowest BCUT2D eigenvalue weighted by atomic mass is 10.2. The summed E-state index contributed by atoms with van der Waals surface area (Å²) in [5, 5.41) is 0. The van der Waals surface area contributed by atoms with Crippen molar-refractivity contribution in [3.8, 4) is 0 Å². The number of hydrogen-bond acceptors (Lipinski definition) is 3. The zero-order valence-corrected chi connectivity index (χ0v) is 7.16. The number of Topliss-reactive ketones (excluding diaryl/α,β-unsaturated/α-hetero) is 1. The molecule has 0 saturated carbocycles. The molecule has 3 heteroatoms. The number of furan rings is 1. The van der Waals surface area contributed by atoms with Crippen molar-refractivity contribution in [1.82, 2.24) is 0 Å². The van der Waals surface area contributed by atoms with Crippen molar-refractivity contribution in [3.05, 3.63) is 36.0 Å². The van der Waals surface area contributed by atoms with Gasteiger partial charge in [0.2, 0.25) is 0 Å². The number of ketones is 1. The second kappa shape index (κ2) is 3.47. The fraction of sp³-hybridized carbons (Fsp3) is 0.300. The van der Waals surface area contributed by atoms with Gasteiger partial charge in [0.25, 0.3) is 5.78 Å². The highest BCUT2D eigenvalue weighted by atomic mass is 16.5. The fourth-order valence-corrected chi connectivity index (χ4v) is 1.24. The third-order valence-electron chi connectivity index (χ3n) is 1.90. The van der Waals surface area contributed by atoms with Gasteiger partial charge in [0.15, 0.2) is 11.5 Å². The van der Waals surface area contributed by atoms with Gasteiger partial charge in [0.05, 0.1) is 12.9 Å². The van der Waals surface area contributed by atoms with E-state index in [1.165, 1.54) is 6.26 Å². The number of allylic oxidation sites excluding steroid dienone is 2. The Morgan fingerprint density at radius 3 is 3.00 bits per heavy atom. The lowest BCUT2D eigenvalue weighted by Crippen LogP contribution is -2.10. The molecule has 0 spiro atoms. The topological polar surface area (TPSA) is 39.4 Å². The minimum atomic E-state index is -0.162. The van der Waals surface area contributed by atoms with Gasteiger partial charge in [0, 0.05) is 0 Å². The van der Waals surface area contributed by atoms with Gasteiger partial charge in [-0.15, -0.1) is 0 Å².